The summed E-state index contributed by atoms with van der Waals surface area (Å²) >= 11 is 1.49. The van der Waals surface area contributed by atoms with E-state index in [1.165, 1.54) is 33.5 Å². The van der Waals surface area contributed by atoms with Crippen molar-refractivity contribution in [3.63, 3.8) is 0 Å². The van der Waals surface area contributed by atoms with E-state index >= 15 is 0 Å². The Kier molecular flexibility index (Phi) is 5.20. The highest BCUT2D eigenvalue weighted by atomic mass is 32.1. The Morgan fingerprint density at radius 1 is 1.07 bits per heavy atom. The Bertz CT molecular complexity index is 1060. The number of tetrazole rings is 1. The number of carbonyl (C=O) groups excluding carboxylic acids is 1. The van der Waals surface area contributed by atoms with Crippen LogP contribution in [0.25, 0.3) is 5.69 Å². The lowest BCUT2D eigenvalue weighted by Gasteiger charge is -2.03. The molecular formula is C20H18N6OS. The number of thiazole rings is 1. The van der Waals surface area contributed by atoms with Crippen LogP contribution in [0.2, 0.25) is 0 Å². The molecule has 0 bridgehead atoms. The molecule has 7 nitrogen and oxygen atoms in total. The van der Waals surface area contributed by atoms with Gasteiger partial charge in [-0.3, -0.25) is 10.1 Å². The highest BCUT2D eigenvalue weighted by Gasteiger charge is 2.10. The summed E-state index contributed by atoms with van der Waals surface area (Å²) in [6, 6.07) is 15.6. The standard InChI is InChI=1S/C20H18N6OS/c1-2-14-3-5-15(6-4-14)11-18-12-21-20(28-18)23-19(27)16-7-9-17(10-8-16)26-13-22-24-25-26/h3-10,12-13H,2,11H2,1H3,(H,21,23,27). The van der Waals surface area contributed by atoms with Crippen LogP contribution in [0.3, 0.4) is 0 Å². The Labute approximate surface area is 166 Å². The topological polar surface area (TPSA) is 85.6 Å². The van der Waals surface area contributed by atoms with E-state index in [2.05, 4.69) is 57.0 Å². The number of hydrogen-bond donors (Lipinski definition) is 1. The predicted molar refractivity (Wildman–Crippen MR) is 108 cm³/mol. The SMILES string of the molecule is CCc1ccc(Cc2cnc(NC(=O)c3ccc(-n4cnnn4)cc3)s2)cc1. The molecular weight excluding hydrogens is 372 g/mol. The Morgan fingerprint density at radius 2 is 1.82 bits per heavy atom. The average molecular weight is 390 g/mol. The summed E-state index contributed by atoms with van der Waals surface area (Å²) in [5.41, 5.74) is 3.89. The lowest BCUT2D eigenvalue weighted by molar-refractivity contribution is 0.102. The van der Waals surface area contributed by atoms with Crippen molar-refractivity contribution in [3.8, 4) is 5.69 Å². The van der Waals surface area contributed by atoms with Crippen LogP contribution in [0.5, 0.6) is 0 Å². The molecule has 0 saturated carbocycles. The monoisotopic (exact) mass is 390 g/mol. The van der Waals surface area contributed by atoms with E-state index in [-0.39, 0.29) is 5.91 Å². The number of aromatic nitrogens is 5. The van der Waals surface area contributed by atoms with Crippen LogP contribution in [0.15, 0.2) is 61.1 Å². The fourth-order valence-corrected chi connectivity index (χ4v) is 3.60. The van der Waals surface area contributed by atoms with Crippen LogP contribution in [0.4, 0.5) is 5.13 Å². The molecule has 4 rings (SSSR count). The van der Waals surface area contributed by atoms with Crippen LogP contribution in [-0.4, -0.2) is 31.1 Å². The van der Waals surface area contributed by atoms with Crippen molar-refractivity contribution in [2.24, 2.45) is 0 Å². The molecule has 140 valence electrons. The first-order valence-corrected chi connectivity index (χ1v) is 9.70. The van der Waals surface area contributed by atoms with Gasteiger partial charge in [0.2, 0.25) is 0 Å². The number of nitrogens with zero attached hydrogens (tertiary/aromatic N) is 5. The van der Waals surface area contributed by atoms with E-state index in [0.717, 1.165) is 23.4 Å². The molecule has 2 heterocycles. The van der Waals surface area contributed by atoms with Gasteiger partial charge in [-0.15, -0.1) is 16.4 Å². The Balaban J connectivity index is 1.39. The van der Waals surface area contributed by atoms with Crippen molar-refractivity contribution in [1.29, 1.82) is 0 Å². The summed E-state index contributed by atoms with van der Waals surface area (Å²) < 4.78 is 1.53. The second-order valence-corrected chi connectivity index (χ2v) is 7.35. The average Bonchev–Trinajstić information content (AvgIpc) is 3.41. The van der Waals surface area contributed by atoms with Gasteiger partial charge in [-0.2, -0.15) is 0 Å². The van der Waals surface area contributed by atoms with Crippen LogP contribution < -0.4 is 5.32 Å². The van der Waals surface area contributed by atoms with Crippen LogP contribution in [0.1, 0.15) is 33.3 Å². The van der Waals surface area contributed by atoms with Crippen molar-refractivity contribution < 1.29 is 4.79 Å². The molecule has 0 aliphatic carbocycles. The summed E-state index contributed by atoms with van der Waals surface area (Å²) in [5, 5.41) is 14.5. The zero-order chi connectivity index (χ0) is 19.3. The zero-order valence-corrected chi connectivity index (χ0v) is 16.1. The minimum atomic E-state index is -0.198. The number of anilines is 1. The number of hydrogen-bond acceptors (Lipinski definition) is 6. The molecule has 2 aromatic heterocycles. The molecule has 2 aromatic carbocycles. The summed E-state index contributed by atoms with van der Waals surface area (Å²) in [7, 11) is 0. The summed E-state index contributed by atoms with van der Waals surface area (Å²) in [4.78, 5) is 17.9. The van der Waals surface area contributed by atoms with Gasteiger partial charge < -0.3 is 0 Å². The number of amides is 1. The van der Waals surface area contributed by atoms with Crippen molar-refractivity contribution >= 4 is 22.4 Å². The predicted octanol–water partition coefficient (Wildman–Crippen LogP) is 3.52. The van der Waals surface area contributed by atoms with E-state index in [1.807, 2.05) is 6.20 Å². The van der Waals surface area contributed by atoms with Gasteiger partial charge in [0.05, 0.1) is 5.69 Å². The normalized spacial score (nSPS) is 10.8. The fraction of sp³-hybridized carbons (Fsp3) is 0.150. The number of aryl methyl sites for hydroxylation is 1. The maximum Gasteiger partial charge on any atom is 0.257 e. The maximum absolute atomic E-state index is 12.5. The van der Waals surface area contributed by atoms with Gasteiger partial charge in [0, 0.05) is 23.1 Å². The van der Waals surface area contributed by atoms with E-state index in [1.54, 1.807) is 24.3 Å². The third-order valence-electron chi connectivity index (χ3n) is 4.33. The van der Waals surface area contributed by atoms with Crippen molar-refractivity contribution in [2.75, 3.05) is 5.32 Å². The third kappa shape index (κ3) is 4.12. The molecule has 28 heavy (non-hydrogen) atoms. The largest absolute Gasteiger partial charge is 0.298 e. The van der Waals surface area contributed by atoms with Gasteiger partial charge in [-0.25, -0.2) is 9.67 Å². The minimum Gasteiger partial charge on any atom is -0.298 e. The number of benzene rings is 2. The molecule has 0 fully saturated rings. The Hall–Kier alpha value is -3.39. The highest BCUT2D eigenvalue weighted by molar-refractivity contribution is 7.15. The molecule has 0 aliphatic heterocycles. The number of rotatable bonds is 6. The van der Waals surface area contributed by atoms with Crippen molar-refractivity contribution in [3.05, 3.63) is 82.6 Å². The molecule has 1 N–H and O–H groups in total. The van der Waals surface area contributed by atoms with Gasteiger partial charge >= 0.3 is 0 Å². The summed E-state index contributed by atoms with van der Waals surface area (Å²) in [6.45, 7) is 2.15. The third-order valence-corrected chi connectivity index (χ3v) is 5.24. The molecule has 1 amide bonds. The van der Waals surface area contributed by atoms with E-state index in [0.29, 0.717) is 10.7 Å². The number of carbonyl (C=O) groups is 1. The molecule has 8 heteroatoms. The van der Waals surface area contributed by atoms with E-state index in [9.17, 15) is 4.79 Å². The first kappa shape index (κ1) is 18.0. The highest BCUT2D eigenvalue weighted by Crippen LogP contribution is 2.22. The zero-order valence-electron chi connectivity index (χ0n) is 15.2. The summed E-state index contributed by atoms with van der Waals surface area (Å²) in [5.74, 6) is -0.198. The lowest BCUT2D eigenvalue weighted by Crippen LogP contribution is -2.11. The molecule has 0 radical (unpaired) electrons. The second kappa shape index (κ2) is 8.10. The van der Waals surface area contributed by atoms with Gasteiger partial charge in [0.1, 0.15) is 6.33 Å². The molecule has 0 saturated heterocycles. The molecule has 0 spiro atoms. The fourth-order valence-electron chi connectivity index (χ4n) is 2.76. The lowest BCUT2D eigenvalue weighted by atomic mass is 10.1. The van der Waals surface area contributed by atoms with E-state index in [4.69, 9.17) is 0 Å². The van der Waals surface area contributed by atoms with Gasteiger partial charge in [0.15, 0.2) is 5.13 Å². The van der Waals surface area contributed by atoms with Crippen LogP contribution in [-0.2, 0) is 12.8 Å². The first-order valence-electron chi connectivity index (χ1n) is 8.88. The van der Waals surface area contributed by atoms with Crippen LogP contribution in [0, 0.1) is 0 Å². The molecule has 0 atom stereocenters. The molecule has 4 aromatic rings. The van der Waals surface area contributed by atoms with Crippen molar-refractivity contribution in [2.45, 2.75) is 19.8 Å². The Morgan fingerprint density at radius 3 is 2.50 bits per heavy atom. The number of nitrogens with one attached hydrogen (secondary N) is 1. The second-order valence-electron chi connectivity index (χ2n) is 6.23. The minimum absolute atomic E-state index is 0.198. The van der Waals surface area contributed by atoms with Crippen LogP contribution >= 0.6 is 11.3 Å². The smallest absolute Gasteiger partial charge is 0.257 e. The summed E-state index contributed by atoms with van der Waals surface area (Å²) in [6.07, 6.45) is 5.16. The van der Waals surface area contributed by atoms with Gasteiger partial charge in [-0.1, -0.05) is 31.2 Å². The van der Waals surface area contributed by atoms with Crippen molar-refractivity contribution in [1.82, 2.24) is 25.2 Å². The van der Waals surface area contributed by atoms with E-state index < -0.39 is 0 Å². The quantitative estimate of drug-likeness (QED) is 0.544. The first-order chi connectivity index (χ1) is 13.7. The molecule has 0 aliphatic rings. The van der Waals surface area contributed by atoms with Gasteiger partial charge in [0.25, 0.3) is 5.91 Å². The molecule has 0 unspecified atom stereocenters. The van der Waals surface area contributed by atoms with Gasteiger partial charge in [-0.05, 0) is 52.2 Å². The maximum atomic E-state index is 12.5.